The molecule has 2 N–H and O–H groups in total. The Balaban J connectivity index is 2.22. The number of carbonyl (C=O) groups is 1. The average molecular weight is 360 g/mol. The molecule has 1 heterocycles. The standard InChI is InChI=1S/C16H23Cl2N3O2/c1-11(19-2)10-20-16(22)15(21-5-7-23-8-6-21)13-4-3-12(17)9-14(13)18/h3-4,9,11,15,19H,5-8,10H2,1-2H3,(H,20,22). The van der Waals surface area contributed by atoms with Crippen molar-refractivity contribution in [2.24, 2.45) is 0 Å². The summed E-state index contributed by atoms with van der Waals surface area (Å²) in [4.78, 5) is 14.9. The third-order valence-electron chi connectivity index (χ3n) is 3.99. The van der Waals surface area contributed by atoms with E-state index in [1.165, 1.54) is 0 Å². The van der Waals surface area contributed by atoms with Gasteiger partial charge in [-0.25, -0.2) is 0 Å². The highest BCUT2D eigenvalue weighted by molar-refractivity contribution is 6.35. The van der Waals surface area contributed by atoms with Crippen LogP contribution in [0.4, 0.5) is 0 Å². The number of benzene rings is 1. The third-order valence-corrected chi connectivity index (χ3v) is 4.55. The van der Waals surface area contributed by atoms with Gasteiger partial charge in [-0.3, -0.25) is 9.69 Å². The fourth-order valence-corrected chi connectivity index (χ4v) is 3.03. The first-order chi connectivity index (χ1) is 11.0. The summed E-state index contributed by atoms with van der Waals surface area (Å²) < 4.78 is 5.39. The van der Waals surface area contributed by atoms with Crippen molar-refractivity contribution >= 4 is 29.1 Å². The van der Waals surface area contributed by atoms with Gasteiger partial charge in [-0.15, -0.1) is 0 Å². The summed E-state index contributed by atoms with van der Waals surface area (Å²) >= 11 is 12.3. The molecule has 1 amide bonds. The zero-order valence-electron chi connectivity index (χ0n) is 13.4. The maximum Gasteiger partial charge on any atom is 0.242 e. The van der Waals surface area contributed by atoms with E-state index in [1.807, 2.05) is 20.0 Å². The van der Waals surface area contributed by atoms with Gasteiger partial charge in [0.05, 0.1) is 13.2 Å². The molecule has 2 unspecified atom stereocenters. The summed E-state index contributed by atoms with van der Waals surface area (Å²) in [5, 5.41) is 7.17. The zero-order chi connectivity index (χ0) is 16.8. The highest BCUT2D eigenvalue weighted by Crippen LogP contribution is 2.30. The molecule has 23 heavy (non-hydrogen) atoms. The monoisotopic (exact) mass is 359 g/mol. The first kappa shape index (κ1) is 18.5. The van der Waals surface area contributed by atoms with E-state index >= 15 is 0 Å². The second-order valence-corrected chi connectivity index (χ2v) is 6.50. The number of halogens is 2. The minimum Gasteiger partial charge on any atom is -0.379 e. The zero-order valence-corrected chi connectivity index (χ0v) is 15.0. The second-order valence-electron chi connectivity index (χ2n) is 5.65. The van der Waals surface area contributed by atoms with E-state index in [1.54, 1.807) is 12.1 Å². The molecule has 0 aromatic heterocycles. The maximum atomic E-state index is 12.8. The van der Waals surface area contributed by atoms with Crippen molar-refractivity contribution < 1.29 is 9.53 Å². The molecule has 1 aromatic carbocycles. The number of rotatable bonds is 6. The largest absolute Gasteiger partial charge is 0.379 e. The Morgan fingerprint density at radius 1 is 1.35 bits per heavy atom. The van der Waals surface area contributed by atoms with Gasteiger partial charge in [0.15, 0.2) is 0 Å². The number of hydrogen-bond donors (Lipinski definition) is 2. The Hall–Kier alpha value is -0.850. The maximum absolute atomic E-state index is 12.8. The van der Waals surface area contributed by atoms with Gasteiger partial charge in [0, 0.05) is 35.7 Å². The normalized spacial score (nSPS) is 18.4. The molecule has 1 saturated heterocycles. The molecule has 0 aliphatic carbocycles. The lowest BCUT2D eigenvalue weighted by molar-refractivity contribution is -0.128. The van der Waals surface area contributed by atoms with E-state index in [9.17, 15) is 4.79 Å². The minimum absolute atomic E-state index is 0.0572. The molecule has 128 valence electrons. The molecule has 7 heteroatoms. The van der Waals surface area contributed by atoms with E-state index in [0.717, 1.165) is 5.56 Å². The molecule has 0 bridgehead atoms. The van der Waals surface area contributed by atoms with Crippen LogP contribution in [0.15, 0.2) is 18.2 Å². The quantitative estimate of drug-likeness (QED) is 0.816. The molecule has 1 fully saturated rings. The van der Waals surface area contributed by atoms with Gasteiger partial charge in [0.2, 0.25) is 5.91 Å². The lowest BCUT2D eigenvalue weighted by atomic mass is 10.0. The number of ether oxygens (including phenoxy) is 1. The Morgan fingerprint density at radius 2 is 2.04 bits per heavy atom. The van der Waals surface area contributed by atoms with Crippen LogP contribution >= 0.6 is 23.2 Å². The summed E-state index contributed by atoms with van der Waals surface area (Å²) in [5.74, 6) is -0.0572. The van der Waals surface area contributed by atoms with Crippen molar-refractivity contribution in [1.82, 2.24) is 15.5 Å². The number of carbonyl (C=O) groups excluding carboxylic acids is 1. The first-order valence-corrected chi connectivity index (χ1v) is 8.50. The van der Waals surface area contributed by atoms with Crippen molar-refractivity contribution in [3.8, 4) is 0 Å². The molecule has 2 atom stereocenters. The Labute approximate surface area is 147 Å². The molecule has 0 spiro atoms. The second kappa shape index (κ2) is 8.85. The van der Waals surface area contributed by atoms with Crippen molar-refractivity contribution in [3.05, 3.63) is 33.8 Å². The first-order valence-electron chi connectivity index (χ1n) is 7.74. The van der Waals surface area contributed by atoms with Crippen molar-refractivity contribution in [1.29, 1.82) is 0 Å². The van der Waals surface area contributed by atoms with Gasteiger partial charge in [0.1, 0.15) is 6.04 Å². The summed E-state index contributed by atoms with van der Waals surface area (Å²) in [6.07, 6.45) is 0. The van der Waals surface area contributed by atoms with Gasteiger partial charge >= 0.3 is 0 Å². The number of nitrogens with zero attached hydrogens (tertiary/aromatic N) is 1. The lowest BCUT2D eigenvalue weighted by Gasteiger charge is -2.34. The molecule has 1 aliphatic heterocycles. The average Bonchev–Trinajstić information content (AvgIpc) is 2.55. The van der Waals surface area contributed by atoms with Gasteiger partial charge in [-0.2, -0.15) is 0 Å². The Kier molecular flexibility index (Phi) is 7.11. The molecule has 1 aromatic rings. The van der Waals surface area contributed by atoms with Crippen LogP contribution in [0, 0.1) is 0 Å². The predicted molar refractivity (Wildman–Crippen MR) is 93.1 cm³/mol. The lowest BCUT2D eigenvalue weighted by Crippen LogP contribution is -2.47. The molecule has 5 nitrogen and oxygen atoms in total. The molecule has 0 saturated carbocycles. The highest BCUT2D eigenvalue weighted by atomic mass is 35.5. The number of likely N-dealkylation sites (N-methyl/N-ethyl adjacent to an activating group) is 1. The van der Waals surface area contributed by atoms with Gasteiger partial charge in [-0.1, -0.05) is 29.3 Å². The summed E-state index contributed by atoms with van der Waals surface area (Å²) in [6.45, 7) is 5.18. The Morgan fingerprint density at radius 3 is 2.65 bits per heavy atom. The SMILES string of the molecule is CNC(C)CNC(=O)C(c1ccc(Cl)cc1Cl)N1CCOCC1. The van der Waals surface area contributed by atoms with Crippen LogP contribution in [0.25, 0.3) is 0 Å². The van der Waals surface area contributed by atoms with E-state index in [4.69, 9.17) is 27.9 Å². The number of nitrogens with one attached hydrogen (secondary N) is 2. The molecule has 1 aliphatic rings. The van der Waals surface area contributed by atoms with Crippen LogP contribution in [0.1, 0.15) is 18.5 Å². The van der Waals surface area contributed by atoms with Crippen LogP contribution in [-0.4, -0.2) is 56.7 Å². The summed E-state index contributed by atoms with van der Waals surface area (Å²) in [7, 11) is 1.87. The smallest absolute Gasteiger partial charge is 0.242 e. The van der Waals surface area contributed by atoms with E-state index in [0.29, 0.717) is 42.9 Å². The number of hydrogen-bond acceptors (Lipinski definition) is 4. The van der Waals surface area contributed by atoms with Gasteiger partial charge < -0.3 is 15.4 Å². The topological polar surface area (TPSA) is 53.6 Å². The van der Waals surface area contributed by atoms with E-state index in [2.05, 4.69) is 15.5 Å². The van der Waals surface area contributed by atoms with Crippen molar-refractivity contribution in [2.45, 2.75) is 19.0 Å². The Bertz CT molecular complexity index is 536. The van der Waals surface area contributed by atoms with Gasteiger partial charge in [0.25, 0.3) is 0 Å². The van der Waals surface area contributed by atoms with Crippen LogP contribution in [0.5, 0.6) is 0 Å². The van der Waals surface area contributed by atoms with Crippen LogP contribution in [0.3, 0.4) is 0 Å². The fourth-order valence-electron chi connectivity index (χ4n) is 2.52. The number of amides is 1. The highest BCUT2D eigenvalue weighted by Gasteiger charge is 2.30. The van der Waals surface area contributed by atoms with Crippen molar-refractivity contribution in [2.75, 3.05) is 39.9 Å². The van der Waals surface area contributed by atoms with Crippen LogP contribution in [-0.2, 0) is 9.53 Å². The number of morpholine rings is 1. The fraction of sp³-hybridized carbons (Fsp3) is 0.562. The molecular weight excluding hydrogens is 337 g/mol. The van der Waals surface area contributed by atoms with E-state index < -0.39 is 6.04 Å². The van der Waals surface area contributed by atoms with Gasteiger partial charge in [-0.05, 0) is 31.7 Å². The molecule has 2 rings (SSSR count). The predicted octanol–water partition coefficient (Wildman–Crippen LogP) is 2.09. The summed E-state index contributed by atoms with van der Waals surface area (Å²) in [5.41, 5.74) is 0.771. The molecular formula is C16H23Cl2N3O2. The minimum atomic E-state index is -0.437. The molecule has 0 radical (unpaired) electrons. The van der Waals surface area contributed by atoms with E-state index in [-0.39, 0.29) is 11.9 Å². The summed E-state index contributed by atoms with van der Waals surface area (Å²) in [6, 6.07) is 5.03. The van der Waals surface area contributed by atoms with Crippen LogP contribution < -0.4 is 10.6 Å². The van der Waals surface area contributed by atoms with Crippen molar-refractivity contribution in [3.63, 3.8) is 0 Å². The third kappa shape index (κ3) is 5.06. The van der Waals surface area contributed by atoms with Crippen LogP contribution in [0.2, 0.25) is 10.0 Å².